The van der Waals surface area contributed by atoms with Crippen molar-refractivity contribution in [1.29, 1.82) is 0 Å². The summed E-state index contributed by atoms with van der Waals surface area (Å²) in [5.41, 5.74) is 2.71. The Morgan fingerprint density at radius 2 is 1.86 bits per heavy atom. The first-order valence-electron chi connectivity index (χ1n) is 9.07. The van der Waals surface area contributed by atoms with Gasteiger partial charge in [-0.2, -0.15) is 0 Å². The number of urea groups is 1. The number of likely N-dealkylation sites (N-methyl/N-ethyl adjacent to an activating group) is 1. The molecule has 156 valence electrons. The number of imide groups is 1. The summed E-state index contributed by atoms with van der Waals surface area (Å²) in [6.07, 6.45) is 1.59. The number of amides is 3. The molecular weight excluding hydrogens is 384 g/mol. The van der Waals surface area contributed by atoms with E-state index in [0.717, 1.165) is 24.0 Å². The topological polar surface area (TPSA) is 102 Å². The van der Waals surface area contributed by atoms with Crippen molar-refractivity contribution in [3.63, 3.8) is 0 Å². The molecule has 28 heavy (non-hydrogen) atoms. The molecule has 8 nitrogen and oxygen atoms in total. The van der Waals surface area contributed by atoms with Crippen molar-refractivity contribution < 1.29 is 19.5 Å². The molecule has 1 aliphatic rings. The number of benzene rings is 1. The Balaban J connectivity index is 0.00000392. The van der Waals surface area contributed by atoms with E-state index in [9.17, 15) is 14.4 Å². The van der Waals surface area contributed by atoms with Crippen molar-refractivity contribution in [3.8, 4) is 0 Å². The number of rotatable bonds is 6. The molecule has 1 aromatic carbocycles. The molecule has 1 aromatic rings. The molecule has 1 fully saturated rings. The third kappa shape index (κ3) is 7.46. The summed E-state index contributed by atoms with van der Waals surface area (Å²) in [6.45, 7) is 5.43. The Morgan fingerprint density at radius 1 is 1.21 bits per heavy atom. The van der Waals surface area contributed by atoms with E-state index in [1.165, 1.54) is 0 Å². The van der Waals surface area contributed by atoms with Crippen LogP contribution in [0.3, 0.4) is 0 Å². The van der Waals surface area contributed by atoms with Gasteiger partial charge in [0.1, 0.15) is 0 Å². The number of aryl methyl sites for hydroxylation is 2. The molecule has 1 aliphatic heterocycles. The first-order chi connectivity index (χ1) is 12.7. The molecule has 0 atom stereocenters. The quantitative estimate of drug-likeness (QED) is 0.659. The molecule has 1 heterocycles. The second kappa shape index (κ2) is 11.0. The van der Waals surface area contributed by atoms with E-state index in [0.29, 0.717) is 18.8 Å². The van der Waals surface area contributed by atoms with Crippen LogP contribution in [0.1, 0.15) is 24.0 Å². The Kier molecular flexibility index (Phi) is 9.37. The third-order valence-corrected chi connectivity index (χ3v) is 4.82. The van der Waals surface area contributed by atoms with Crippen LogP contribution in [0.2, 0.25) is 0 Å². The van der Waals surface area contributed by atoms with E-state index in [1.807, 2.05) is 41.8 Å². The van der Waals surface area contributed by atoms with Crippen LogP contribution in [0.4, 0.5) is 10.5 Å². The number of carboxylic acid groups (broad SMARTS) is 1. The fraction of sp³-hybridized carbons (Fsp3) is 0.526. The van der Waals surface area contributed by atoms with Gasteiger partial charge in [-0.3, -0.25) is 24.7 Å². The van der Waals surface area contributed by atoms with E-state index < -0.39 is 12.0 Å². The minimum Gasteiger partial charge on any atom is -0.480 e. The van der Waals surface area contributed by atoms with Crippen molar-refractivity contribution in [1.82, 2.24) is 15.1 Å². The van der Waals surface area contributed by atoms with Gasteiger partial charge >= 0.3 is 12.0 Å². The maximum Gasteiger partial charge on any atom is 0.325 e. The average molecular weight is 413 g/mol. The first kappa shape index (κ1) is 23.9. The number of carbonyl (C=O) groups is 3. The van der Waals surface area contributed by atoms with Crippen molar-refractivity contribution in [2.45, 2.75) is 32.7 Å². The third-order valence-electron chi connectivity index (χ3n) is 4.82. The normalized spacial score (nSPS) is 15.0. The number of aliphatic carboxylic acids is 1. The second-order valence-electron chi connectivity index (χ2n) is 7.14. The number of carbonyl (C=O) groups excluding carboxylic acids is 2. The van der Waals surface area contributed by atoms with Crippen LogP contribution in [0, 0.1) is 13.8 Å². The number of nitrogens with one attached hydrogen (secondary N) is 2. The summed E-state index contributed by atoms with van der Waals surface area (Å²) in [5.74, 6) is -1.19. The maximum atomic E-state index is 12.1. The van der Waals surface area contributed by atoms with Gasteiger partial charge < -0.3 is 10.4 Å². The lowest BCUT2D eigenvalue weighted by atomic mass is 10.0. The Hall–Kier alpha value is -2.16. The molecule has 0 aromatic heterocycles. The number of carboxylic acids is 1. The number of halogens is 1. The number of piperidine rings is 1. The van der Waals surface area contributed by atoms with Gasteiger partial charge in [-0.15, -0.1) is 12.4 Å². The number of likely N-dealkylation sites (tertiary alicyclic amines) is 1. The van der Waals surface area contributed by atoms with Crippen LogP contribution in [0.15, 0.2) is 18.2 Å². The smallest absolute Gasteiger partial charge is 0.325 e. The SMILES string of the molecule is Cc1ccc(NC(=O)NC(=O)CN2CCC(N(C)CC(=O)O)CC2)c(C)c1.Cl. The summed E-state index contributed by atoms with van der Waals surface area (Å²) >= 11 is 0. The van der Waals surface area contributed by atoms with Gasteiger partial charge in [0.2, 0.25) is 5.91 Å². The van der Waals surface area contributed by atoms with Gasteiger partial charge in [-0.1, -0.05) is 17.7 Å². The first-order valence-corrected chi connectivity index (χ1v) is 9.07. The van der Waals surface area contributed by atoms with E-state index in [-0.39, 0.29) is 37.4 Å². The molecule has 0 saturated carbocycles. The lowest BCUT2D eigenvalue weighted by molar-refractivity contribution is -0.138. The van der Waals surface area contributed by atoms with Crippen molar-refractivity contribution in [2.24, 2.45) is 0 Å². The van der Waals surface area contributed by atoms with Crippen LogP contribution in [-0.4, -0.2) is 72.1 Å². The standard InChI is InChI=1S/C19H28N4O4.ClH/c1-13-4-5-16(14(2)10-13)20-19(27)21-17(24)11-23-8-6-15(7-9-23)22(3)12-18(25)26;/h4-5,10,15H,6-9,11-12H2,1-3H3,(H,25,26)(H2,20,21,24,27);1H. The molecule has 3 N–H and O–H groups in total. The highest BCUT2D eigenvalue weighted by Crippen LogP contribution is 2.16. The maximum absolute atomic E-state index is 12.1. The van der Waals surface area contributed by atoms with E-state index in [4.69, 9.17) is 5.11 Å². The summed E-state index contributed by atoms with van der Waals surface area (Å²) in [4.78, 5) is 38.7. The van der Waals surface area contributed by atoms with Gasteiger partial charge in [0.25, 0.3) is 0 Å². The van der Waals surface area contributed by atoms with Crippen LogP contribution in [-0.2, 0) is 9.59 Å². The zero-order valence-electron chi connectivity index (χ0n) is 16.5. The lowest BCUT2D eigenvalue weighted by Gasteiger charge is -2.35. The summed E-state index contributed by atoms with van der Waals surface area (Å²) < 4.78 is 0. The zero-order valence-corrected chi connectivity index (χ0v) is 17.3. The molecule has 2 rings (SSSR count). The monoisotopic (exact) mass is 412 g/mol. The second-order valence-corrected chi connectivity index (χ2v) is 7.14. The highest BCUT2D eigenvalue weighted by atomic mass is 35.5. The molecule has 3 amide bonds. The van der Waals surface area contributed by atoms with Crippen LogP contribution >= 0.6 is 12.4 Å². The van der Waals surface area contributed by atoms with Gasteiger partial charge in [0.05, 0.1) is 13.1 Å². The zero-order chi connectivity index (χ0) is 20.0. The van der Waals surface area contributed by atoms with E-state index in [2.05, 4.69) is 10.6 Å². The van der Waals surface area contributed by atoms with Gasteiger partial charge in [0, 0.05) is 24.8 Å². The van der Waals surface area contributed by atoms with Crippen LogP contribution < -0.4 is 10.6 Å². The summed E-state index contributed by atoms with van der Waals surface area (Å²) in [5, 5.41) is 13.9. The summed E-state index contributed by atoms with van der Waals surface area (Å²) in [7, 11) is 1.80. The van der Waals surface area contributed by atoms with Gasteiger partial charge in [-0.25, -0.2) is 4.79 Å². The fourth-order valence-electron chi connectivity index (χ4n) is 3.34. The number of hydrogen-bond acceptors (Lipinski definition) is 5. The number of hydrogen-bond donors (Lipinski definition) is 3. The van der Waals surface area contributed by atoms with Crippen molar-refractivity contribution in [2.75, 3.05) is 38.5 Å². The van der Waals surface area contributed by atoms with Crippen LogP contribution in [0.5, 0.6) is 0 Å². The molecule has 0 bridgehead atoms. The van der Waals surface area contributed by atoms with E-state index in [1.54, 1.807) is 7.05 Å². The molecule has 0 spiro atoms. The number of anilines is 1. The number of nitrogens with zero attached hydrogens (tertiary/aromatic N) is 2. The Morgan fingerprint density at radius 3 is 2.43 bits per heavy atom. The molecule has 0 radical (unpaired) electrons. The summed E-state index contributed by atoms with van der Waals surface area (Å²) in [6, 6.07) is 5.34. The predicted molar refractivity (Wildman–Crippen MR) is 110 cm³/mol. The largest absolute Gasteiger partial charge is 0.480 e. The molecular formula is C19H29ClN4O4. The average Bonchev–Trinajstić information content (AvgIpc) is 2.57. The van der Waals surface area contributed by atoms with Crippen LogP contribution in [0.25, 0.3) is 0 Å². The molecule has 9 heteroatoms. The minimum atomic E-state index is -0.839. The van der Waals surface area contributed by atoms with Gasteiger partial charge in [0.15, 0.2) is 0 Å². The predicted octanol–water partition coefficient (Wildman–Crippen LogP) is 1.85. The van der Waals surface area contributed by atoms with E-state index >= 15 is 0 Å². The van der Waals surface area contributed by atoms with Crippen molar-refractivity contribution >= 4 is 36.0 Å². The highest BCUT2D eigenvalue weighted by molar-refractivity contribution is 6.02. The molecule has 0 aliphatic carbocycles. The van der Waals surface area contributed by atoms with Gasteiger partial charge in [-0.05, 0) is 45.4 Å². The Bertz CT molecular complexity index is 705. The minimum absolute atomic E-state index is 0. The highest BCUT2D eigenvalue weighted by Gasteiger charge is 2.25. The fourth-order valence-corrected chi connectivity index (χ4v) is 3.34. The van der Waals surface area contributed by atoms with Crippen molar-refractivity contribution in [3.05, 3.63) is 29.3 Å². The lowest BCUT2D eigenvalue weighted by Crippen LogP contribution is -2.48. The molecule has 0 unspecified atom stereocenters. The molecule has 1 saturated heterocycles. The Labute approximate surface area is 171 Å².